The largest absolute Gasteiger partial charge is 0.325 e. The highest BCUT2D eigenvalue weighted by molar-refractivity contribution is 5.92. The zero-order chi connectivity index (χ0) is 16.8. The van der Waals surface area contributed by atoms with Crippen molar-refractivity contribution >= 4 is 11.6 Å². The third-order valence-corrected chi connectivity index (χ3v) is 5.41. The molecule has 1 N–H and O–H groups in total. The van der Waals surface area contributed by atoms with Gasteiger partial charge in [-0.1, -0.05) is 37.0 Å². The molecule has 3 rings (SSSR count). The molecule has 1 saturated carbocycles. The molecule has 1 aliphatic heterocycles. The molecule has 0 spiro atoms. The van der Waals surface area contributed by atoms with E-state index in [1.165, 1.54) is 44.2 Å². The second-order valence-corrected chi connectivity index (χ2v) is 7.49. The molecule has 1 saturated heterocycles. The zero-order valence-corrected chi connectivity index (χ0v) is 15.0. The lowest BCUT2D eigenvalue weighted by Crippen LogP contribution is -2.49. The SMILES string of the molecule is Cc1ccc(NC(=O)CN2CCN(CC3CCCCC3)CC2)cc1. The van der Waals surface area contributed by atoms with Crippen LogP contribution in [0.1, 0.15) is 37.7 Å². The number of amides is 1. The Bertz CT molecular complexity index is 514. The Kier molecular flexibility index (Phi) is 6.27. The summed E-state index contributed by atoms with van der Waals surface area (Å²) in [5.74, 6) is 1.01. The van der Waals surface area contributed by atoms with Crippen molar-refractivity contribution in [1.29, 1.82) is 0 Å². The van der Waals surface area contributed by atoms with Crippen LogP contribution in [-0.4, -0.2) is 55.0 Å². The normalized spacial score (nSPS) is 20.9. The van der Waals surface area contributed by atoms with E-state index in [1.54, 1.807) is 0 Å². The number of aryl methyl sites for hydroxylation is 1. The number of piperazine rings is 1. The van der Waals surface area contributed by atoms with Crippen LogP contribution in [0.3, 0.4) is 0 Å². The van der Waals surface area contributed by atoms with Crippen LogP contribution in [0.15, 0.2) is 24.3 Å². The molecule has 132 valence electrons. The summed E-state index contributed by atoms with van der Waals surface area (Å²) in [4.78, 5) is 17.1. The zero-order valence-electron chi connectivity index (χ0n) is 15.0. The van der Waals surface area contributed by atoms with Crippen LogP contribution in [0, 0.1) is 12.8 Å². The van der Waals surface area contributed by atoms with E-state index in [1.807, 2.05) is 24.3 Å². The predicted octanol–water partition coefficient (Wildman–Crippen LogP) is 3.13. The van der Waals surface area contributed by atoms with Crippen LogP contribution >= 0.6 is 0 Å². The van der Waals surface area contributed by atoms with Crippen LogP contribution in [0.2, 0.25) is 0 Å². The molecule has 2 fully saturated rings. The molecular weight excluding hydrogens is 298 g/mol. The number of carbonyl (C=O) groups excluding carboxylic acids is 1. The van der Waals surface area contributed by atoms with Gasteiger partial charge in [0.25, 0.3) is 0 Å². The molecule has 1 aliphatic carbocycles. The molecule has 0 unspecified atom stereocenters. The Labute approximate surface area is 146 Å². The van der Waals surface area contributed by atoms with Gasteiger partial charge in [0.15, 0.2) is 0 Å². The molecule has 0 radical (unpaired) electrons. The summed E-state index contributed by atoms with van der Waals surface area (Å²) < 4.78 is 0. The number of carbonyl (C=O) groups is 1. The minimum atomic E-state index is 0.0968. The predicted molar refractivity (Wildman–Crippen MR) is 99.3 cm³/mol. The number of nitrogens with one attached hydrogen (secondary N) is 1. The van der Waals surface area contributed by atoms with E-state index in [0.29, 0.717) is 6.54 Å². The molecule has 24 heavy (non-hydrogen) atoms. The first-order valence-corrected chi connectivity index (χ1v) is 9.50. The number of hydrogen-bond acceptors (Lipinski definition) is 3. The van der Waals surface area contributed by atoms with Gasteiger partial charge in [0, 0.05) is 38.4 Å². The highest BCUT2D eigenvalue weighted by Crippen LogP contribution is 2.24. The van der Waals surface area contributed by atoms with Crippen molar-refractivity contribution in [2.75, 3.05) is 44.6 Å². The molecule has 1 aromatic rings. The molecule has 1 amide bonds. The lowest BCUT2D eigenvalue weighted by atomic mass is 9.89. The smallest absolute Gasteiger partial charge is 0.238 e. The first-order chi connectivity index (χ1) is 11.7. The molecule has 1 heterocycles. The molecule has 4 nitrogen and oxygen atoms in total. The summed E-state index contributed by atoms with van der Waals surface area (Å²) in [6, 6.07) is 7.99. The third kappa shape index (κ3) is 5.32. The van der Waals surface area contributed by atoms with Gasteiger partial charge in [0.1, 0.15) is 0 Å². The highest BCUT2D eigenvalue weighted by atomic mass is 16.2. The van der Waals surface area contributed by atoms with Crippen molar-refractivity contribution in [3.05, 3.63) is 29.8 Å². The molecular formula is C20H31N3O. The van der Waals surface area contributed by atoms with Gasteiger partial charge >= 0.3 is 0 Å². The van der Waals surface area contributed by atoms with Crippen molar-refractivity contribution in [1.82, 2.24) is 9.80 Å². The summed E-state index contributed by atoms with van der Waals surface area (Å²) in [6.07, 6.45) is 7.10. The maximum absolute atomic E-state index is 12.2. The van der Waals surface area contributed by atoms with E-state index < -0.39 is 0 Å². The third-order valence-electron chi connectivity index (χ3n) is 5.41. The van der Waals surface area contributed by atoms with Gasteiger partial charge in [0.2, 0.25) is 5.91 Å². The summed E-state index contributed by atoms with van der Waals surface area (Å²) in [5.41, 5.74) is 2.10. The van der Waals surface area contributed by atoms with Gasteiger partial charge in [-0.2, -0.15) is 0 Å². The van der Waals surface area contributed by atoms with E-state index in [2.05, 4.69) is 22.0 Å². The Hall–Kier alpha value is -1.39. The van der Waals surface area contributed by atoms with Gasteiger partial charge in [-0.15, -0.1) is 0 Å². The molecule has 2 aliphatic rings. The van der Waals surface area contributed by atoms with E-state index in [9.17, 15) is 4.79 Å². The Morgan fingerprint density at radius 1 is 1.00 bits per heavy atom. The second kappa shape index (κ2) is 8.63. The highest BCUT2D eigenvalue weighted by Gasteiger charge is 2.22. The van der Waals surface area contributed by atoms with Crippen molar-refractivity contribution in [2.24, 2.45) is 5.92 Å². The number of hydrogen-bond donors (Lipinski definition) is 1. The minimum absolute atomic E-state index is 0.0968. The number of rotatable bonds is 5. The van der Waals surface area contributed by atoms with Crippen LogP contribution < -0.4 is 5.32 Å². The standard InChI is InChI=1S/C20H31N3O/c1-17-7-9-19(10-8-17)21-20(24)16-23-13-11-22(12-14-23)15-18-5-3-2-4-6-18/h7-10,18H,2-6,11-16H2,1H3,(H,21,24). The number of benzene rings is 1. The van der Waals surface area contributed by atoms with Gasteiger partial charge in [-0.05, 0) is 37.8 Å². The monoisotopic (exact) mass is 329 g/mol. The summed E-state index contributed by atoms with van der Waals surface area (Å²) in [7, 11) is 0. The first kappa shape index (κ1) is 17.4. The minimum Gasteiger partial charge on any atom is -0.325 e. The molecule has 0 atom stereocenters. The van der Waals surface area contributed by atoms with Crippen molar-refractivity contribution in [3.8, 4) is 0 Å². The Morgan fingerprint density at radius 2 is 1.62 bits per heavy atom. The van der Waals surface area contributed by atoms with Crippen LogP contribution in [0.4, 0.5) is 5.69 Å². The molecule has 0 aromatic heterocycles. The summed E-state index contributed by atoms with van der Waals surface area (Å²) in [6.45, 7) is 8.05. The van der Waals surface area contributed by atoms with Crippen LogP contribution in [0.25, 0.3) is 0 Å². The molecule has 1 aromatic carbocycles. The van der Waals surface area contributed by atoms with Crippen LogP contribution in [0.5, 0.6) is 0 Å². The van der Waals surface area contributed by atoms with Crippen molar-refractivity contribution in [2.45, 2.75) is 39.0 Å². The first-order valence-electron chi connectivity index (χ1n) is 9.50. The fourth-order valence-electron chi connectivity index (χ4n) is 3.91. The second-order valence-electron chi connectivity index (χ2n) is 7.49. The quantitative estimate of drug-likeness (QED) is 0.901. The van der Waals surface area contributed by atoms with Gasteiger partial charge in [0.05, 0.1) is 6.54 Å². The average Bonchev–Trinajstić information content (AvgIpc) is 2.60. The molecule has 0 bridgehead atoms. The Morgan fingerprint density at radius 3 is 2.29 bits per heavy atom. The average molecular weight is 329 g/mol. The van der Waals surface area contributed by atoms with Crippen molar-refractivity contribution < 1.29 is 4.79 Å². The maximum atomic E-state index is 12.2. The topological polar surface area (TPSA) is 35.6 Å². The fraction of sp³-hybridized carbons (Fsp3) is 0.650. The summed E-state index contributed by atoms with van der Waals surface area (Å²) in [5, 5.41) is 3.00. The summed E-state index contributed by atoms with van der Waals surface area (Å²) >= 11 is 0. The van der Waals surface area contributed by atoms with Gasteiger partial charge < -0.3 is 10.2 Å². The van der Waals surface area contributed by atoms with E-state index >= 15 is 0 Å². The lowest BCUT2D eigenvalue weighted by Gasteiger charge is -2.37. The molecule has 4 heteroatoms. The Balaban J connectivity index is 1.37. The van der Waals surface area contributed by atoms with E-state index in [4.69, 9.17) is 0 Å². The van der Waals surface area contributed by atoms with Gasteiger partial charge in [-0.3, -0.25) is 9.69 Å². The van der Waals surface area contributed by atoms with E-state index in [0.717, 1.165) is 37.8 Å². The fourth-order valence-corrected chi connectivity index (χ4v) is 3.91. The van der Waals surface area contributed by atoms with Crippen molar-refractivity contribution in [3.63, 3.8) is 0 Å². The van der Waals surface area contributed by atoms with Gasteiger partial charge in [-0.25, -0.2) is 0 Å². The van der Waals surface area contributed by atoms with E-state index in [-0.39, 0.29) is 5.91 Å². The number of anilines is 1. The van der Waals surface area contributed by atoms with Crippen LogP contribution in [-0.2, 0) is 4.79 Å². The number of nitrogens with zero attached hydrogens (tertiary/aromatic N) is 2. The maximum Gasteiger partial charge on any atom is 0.238 e. The lowest BCUT2D eigenvalue weighted by molar-refractivity contribution is -0.117.